The first kappa shape index (κ1) is 12.5. The van der Waals surface area contributed by atoms with Crippen molar-refractivity contribution in [3.05, 3.63) is 0 Å². The van der Waals surface area contributed by atoms with E-state index in [1.54, 1.807) is 0 Å². The fraction of sp³-hybridized carbons (Fsp3) is 0.909. The van der Waals surface area contributed by atoms with E-state index in [0.717, 1.165) is 51.4 Å². The Morgan fingerprint density at radius 1 is 1.40 bits per heavy atom. The number of ether oxygens (including phenoxy) is 1. The van der Waals surface area contributed by atoms with Crippen LogP contribution in [0.25, 0.3) is 0 Å². The van der Waals surface area contributed by atoms with Crippen LogP contribution in [0.2, 0.25) is 0 Å². The summed E-state index contributed by atoms with van der Waals surface area (Å²) in [6.07, 6.45) is 2.15. The molecule has 1 aliphatic rings. The molecule has 0 aromatic carbocycles. The maximum absolute atomic E-state index is 5.27. The standard InChI is InChI=1S/C11H22N2O2/c1-3-4-11(2)12-15-10-7-13-5-8-14-9-6-13/h3-10H2,1-2H3/b12-11-. The highest BCUT2D eigenvalue weighted by Gasteiger charge is 2.09. The minimum Gasteiger partial charge on any atom is -0.394 e. The van der Waals surface area contributed by atoms with E-state index in [1.165, 1.54) is 0 Å². The Labute approximate surface area is 92.2 Å². The third kappa shape index (κ3) is 5.74. The van der Waals surface area contributed by atoms with Gasteiger partial charge in [0, 0.05) is 19.6 Å². The molecule has 0 aromatic heterocycles. The van der Waals surface area contributed by atoms with Crippen molar-refractivity contribution in [3.63, 3.8) is 0 Å². The summed E-state index contributed by atoms with van der Waals surface area (Å²) in [5.74, 6) is 0. The lowest BCUT2D eigenvalue weighted by Gasteiger charge is -2.25. The van der Waals surface area contributed by atoms with E-state index < -0.39 is 0 Å². The Bertz CT molecular complexity index is 189. The van der Waals surface area contributed by atoms with Crippen molar-refractivity contribution < 1.29 is 9.57 Å². The zero-order valence-electron chi connectivity index (χ0n) is 9.87. The molecule has 1 heterocycles. The van der Waals surface area contributed by atoms with Gasteiger partial charge in [-0.3, -0.25) is 4.90 Å². The van der Waals surface area contributed by atoms with Crippen LogP contribution in [-0.4, -0.2) is 50.1 Å². The smallest absolute Gasteiger partial charge is 0.129 e. The van der Waals surface area contributed by atoms with Crippen molar-refractivity contribution in [2.24, 2.45) is 5.16 Å². The molecule has 0 amide bonds. The molecule has 0 atom stereocenters. The quantitative estimate of drug-likeness (QED) is 0.382. The van der Waals surface area contributed by atoms with Gasteiger partial charge in [-0.05, 0) is 13.3 Å². The molecule has 88 valence electrons. The summed E-state index contributed by atoms with van der Waals surface area (Å²) < 4.78 is 5.27. The van der Waals surface area contributed by atoms with Crippen molar-refractivity contribution in [2.45, 2.75) is 26.7 Å². The molecule has 0 unspecified atom stereocenters. The van der Waals surface area contributed by atoms with Gasteiger partial charge in [0.15, 0.2) is 0 Å². The highest BCUT2D eigenvalue weighted by atomic mass is 16.6. The number of hydrogen-bond donors (Lipinski definition) is 0. The number of morpholine rings is 1. The summed E-state index contributed by atoms with van der Waals surface area (Å²) in [6, 6.07) is 0. The summed E-state index contributed by atoms with van der Waals surface area (Å²) in [4.78, 5) is 7.60. The van der Waals surface area contributed by atoms with Crippen molar-refractivity contribution in [3.8, 4) is 0 Å². The lowest BCUT2D eigenvalue weighted by atomic mass is 10.2. The number of rotatable bonds is 6. The number of nitrogens with zero attached hydrogens (tertiary/aromatic N) is 2. The van der Waals surface area contributed by atoms with Crippen LogP contribution in [0.4, 0.5) is 0 Å². The third-order valence-corrected chi connectivity index (χ3v) is 2.43. The van der Waals surface area contributed by atoms with Crippen LogP contribution in [0, 0.1) is 0 Å². The summed E-state index contributed by atoms with van der Waals surface area (Å²) >= 11 is 0. The lowest BCUT2D eigenvalue weighted by molar-refractivity contribution is 0.0211. The second-order valence-electron chi connectivity index (χ2n) is 3.86. The Kier molecular flexibility index (Phi) is 6.36. The summed E-state index contributed by atoms with van der Waals surface area (Å²) in [6.45, 7) is 9.51. The molecule has 1 rings (SSSR count). The van der Waals surface area contributed by atoms with Gasteiger partial charge >= 0.3 is 0 Å². The summed E-state index contributed by atoms with van der Waals surface area (Å²) in [7, 11) is 0. The van der Waals surface area contributed by atoms with Crippen molar-refractivity contribution >= 4 is 5.71 Å². The predicted octanol–water partition coefficient (Wildman–Crippen LogP) is 1.51. The maximum atomic E-state index is 5.27. The zero-order valence-corrected chi connectivity index (χ0v) is 9.87. The van der Waals surface area contributed by atoms with E-state index in [0.29, 0.717) is 6.61 Å². The predicted molar refractivity (Wildman–Crippen MR) is 61.2 cm³/mol. The molecular formula is C11H22N2O2. The molecule has 1 fully saturated rings. The van der Waals surface area contributed by atoms with Crippen LogP contribution < -0.4 is 0 Å². The van der Waals surface area contributed by atoms with Gasteiger partial charge in [-0.25, -0.2) is 0 Å². The molecule has 0 saturated carbocycles. The second kappa shape index (κ2) is 7.65. The normalized spacial score (nSPS) is 19.2. The van der Waals surface area contributed by atoms with Gasteiger partial charge < -0.3 is 9.57 Å². The highest BCUT2D eigenvalue weighted by Crippen LogP contribution is 1.97. The van der Waals surface area contributed by atoms with E-state index in [-0.39, 0.29) is 0 Å². The fourth-order valence-electron chi connectivity index (χ4n) is 1.56. The van der Waals surface area contributed by atoms with Crippen LogP contribution in [0.15, 0.2) is 5.16 Å². The average Bonchev–Trinajstić information content (AvgIpc) is 2.26. The Balaban J connectivity index is 2.02. The van der Waals surface area contributed by atoms with E-state index in [9.17, 15) is 0 Å². The molecule has 4 nitrogen and oxygen atoms in total. The first-order valence-electron chi connectivity index (χ1n) is 5.78. The highest BCUT2D eigenvalue weighted by molar-refractivity contribution is 5.81. The monoisotopic (exact) mass is 214 g/mol. The van der Waals surface area contributed by atoms with Crippen LogP contribution in [0.3, 0.4) is 0 Å². The first-order chi connectivity index (χ1) is 7.33. The molecular weight excluding hydrogens is 192 g/mol. The Morgan fingerprint density at radius 3 is 2.80 bits per heavy atom. The molecule has 0 bridgehead atoms. The topological polar surface area (TPSA) is 34.1 Å². The van der Waals surface area contributed by atoms with Gasteiger partial charge in [0.25, 0.3) is 0 Å². The van der Waals surface area contributed by atoms with E-state index >= 15 is 0 Å². The van der Waals surface area contributed by atoms with Gasteiger partial charge in [0.1, 0.15) is 6.61 Å². The maximum Gasteiger partial charge on any atom is 0.129 e. The van der Waals surface area contributed by atoms with Crippen LogP contribution in [0.5, 0.6) is 0 Å². The molecule has 1 aliphatic heterocycles. The number of oxime groups is 1. The molecule has 0 spiro atoms. The van der Waals surface area contributed by atoms with E-state index in [4.69, 9.17) is 9.57 Å². The van der Waals surface area contributed by atoms with E-state index in [2.05, 4.69) is 17.0 Å². The van der Waals surface area contributed by atoms with Crippen molar-refractivity contribution in [1.82, 2.24) is 4.90 Å². The van der Waals surface area contributed by atoms with Crippen LogP contribution >= 0.6 is 0 Å². The summed E-state index contributed by atoms with van der Waals surface area (Å²) in [5.41, 5.74) is 1.08. The van der Waals surface area contributed by atoms with Gasteiger partial charge in [0.05, 0.1) is 18.9 Å². The van der Waals surface area contributed by atoms with Crippen molar-refractivity contribution in [2.75, 3.05) is 39.5 Å². The van der Waals surface area contributed by atoms with E-state index in [1.807, 2.05) is 6.92 Å². The van der Waals surface area contributed by atoms with Gasteiger partial charge in [-0.1, -0.05) is 18.5 Å². The molecule has 1 saturated heterocycles. The van der Waals surface area contributed by atoms with Crippen LogP contribution in [0.1, 0.15) is 26.7 Å². The molecule has 0 aliphatic carbocycles. The lowest BCUT2D eigenvalue weighted by Crippen LogP contribution is -2.38. The molecule has 0 radical (unpaired) electrons. The van der Waals surface area contributed by atoms with Crippen molar-refractivity contribution in [1.29, 1.82) is 0 Å². The average molecular weight is 214 g/mol. The number of hydrogen-bond acceptors (Lipinski definition) is 4. The van der Waals surface area contributed by atoms with Gasteiger partial charge in [-0.15, -0.1) is 0 Å². The molecule has 0 aromatic rings. The molecule has 0 N–H and O–H groups in total. The zero-order chi connectivity index (χ0) is 10.9. The second-order valence-corrected chi connectivity index (χ2v) is 3.86. The first-order valence-corrected chi connectivity index (χ1v) is 5.78. The van der Waals surface area contributed by atoms with Gasteiger partial charge in [0.2, 0.25) is 0 Å². The van der Waals surface area contributed by atoms with Gasteiger partial charge in [-0.2, -0.15) is 0 Å². The minimum absolute atomic E-state index is 0.682. The SMILES string of the molecule is CCC/C(C)=N\OCCN1CCOCC1. The Hall–Kier alpha value is -0.610. The van der Waals surface area contributed by atoms with Crippen LogP contribution in [-0.2, 0) is 9.57 Å². The largest absolute Gasteiger partial charge is 0.394 e. The minimum atomic E-state index is 0.682. The molecule has 15 heavy (non-hydrogen) atoms. The fourth-order valence-corrected chi connectivity index (χ4v) is 1.56. The third-order valence-electron chi connectivity index (χ3n) is 2.43. The summed E-state index contributed by atoms with van der Waals surface area (Å²) in [5, 5.41) is 4.06. The Morgan fingerprint density at radius 2 is 2.13 bits per heavy atom. The molecule has 4 heteroatoms.